The molecule has 0 saturated heterocycles. The Labute approximate surface area is 126 Å². The Morgan fingerprint density at radius 3 is 1.35 bits per heavy atom. The Morgan fingerprint density at radius 2 is 1.24 bits per heavy atom. The Kier molecular flexibility index (Phi) is 8.78. The van der Waals surface area contributed by atoms with Gasteiger partial charge in [0, 0.05) is 0 Å². The van der Waals surface area contributed by atoms with Crippen molar-refractivity contribution in [2.75, 3.05) is 0 Å². The molecule has 1 heteroatoms. The second-order valence-corrected chi connectivity index (χ2v) is 4.38. The second kappa shape index (κ2) is 8.86. The van der Waals surface area contributed by atoms with Crippen molar-refractivity contribution in [3.63, 3.8) is 0 Å². The van der Waals surface area contributed by atoms with Crippen LogP contribution in [0.1, 0.15) is 53.4 Å². The Balaban J connectivity index is 0.000000284. The van der Waals surface area contributed by atoms with E-state index in [0.29, 0.717) is 0 Å². The fourth-order valence-corrected chi connectivity index (χ4v) is 1.77. The standard InChI is InChI=1S/2C8H11.Zr/c2*1-3-8-5-4-7(2)6-8;/h2*5H,3-4H2,1-2H3;/q2*-1;+2. The van der Waals surface area contributed by atoms with Gasteiger partial charge < -0.3 is 0 Å². The first-order chi connectivity index (χ1) is 7.65. The largest absolute Gasteiger partial charge is 2.00 e. The van der Waals surface area contributed by atoms with Crippen molar-refractivity contribution in [2.24, 2.45) is 0 Å². The molecule has 0 atom stereocenters. The van der Waals surface area contributed by atoms with Gasteiger partial charge in [-0.15, -0.1) is 0 Å². The molecule has 0 bridgehead atoms. The fraction of sp³-hybridized carbons (Fsp3) is 0.500. The molecular weight excluding hydrogens is 283 g/mol. The zero-order valence-electron chi connectivity index (χ0n) is 11.5. The van der Waals surface area contributed by atoms with Gasteiger partial charge in [0.1, 0.15) is 0 Å². The zero-order valence-corrected chi connectivity index (χ0v) is 13.9. The second-order valence-electron chi connectivity index (χ2n) is 4.38. The maximum absolute atomic E-state index is 3.28. The van der Waals surface area contributed by atoms with E-state index in [-0.39, 0.29) is 26.2 Å². The van der Waals surface area contributed by atoms with Crippen molar-refractivity contribution < 1.29 is 26.2 Å². The summed E-state index contributed by atoms with van der Waals surface area (Å²) in [4.78, 5) is 0. The van der Waals surface area contributed by atoms with Crippen LogP contribution in [0.15, 0.2) is 34.4 Å². The van der Waals surface area contributed by atoms with Gasteiger partial charge in [0.05, 0.1) is 0 Å². The molecular formula is C16H22Zr. The summed E-state index contributed by atoms with van der Waals surface area (Å²) in [5.74, 6) is 0. The number of hydrogen-bond acceptors (Lipinski definition) is 0. The number of allylic oxidation sites excluding steroid dienone is 8. The molecule has 0 amide bonds. The molecule has 90 valence electrons. The summed E-state index contributed by atoms with van der Waals surface area (Å²) in [6.45, 7) is 8.58. The van der Waals surface area contributed by atoms with Gasteiger partial charge in [-0.2, -0.15) is 11.1 Å². The zero-order chi connectivity index (χ0) is 12.0. The molecule has 0 spiro atoms. The van der Waals surface area contributed by atoms with E-state index in [1.165, 1.54) is 22.3 Å². The van der Waals surface area contributed by atoms with Crippen molar-refractivity contribution in [1.29, 1.82) is 0 Å². The summed E-state index contributed by atoms with van der Waals surface area (Å²) in [6, 6.07) is 0. The van der Waals surface area contributed by atoms with E-state index >= 15 is 0 Å². The van der Waals surface area contributed by atoms with Crippen LogP contribution in [0.2, 0.25) is 0 Å². The third-order valence-electron chi connectivity index (χ3n) is 2.82. The van der Waals surface area contributed by atoms with E-state index in [0.717, 1.165) is 25.7 Å². The fourth-order valence-electron chi connectivity index (χ4n) is 1.77. The minimum Gasteiger partial charge on any atom is -0.250 e. The summed E-state index contributed by atoms with van der Waals surface area (Å²) in [5.41, 5.74) is 5.51. The molecule has 0 heterocycles. The molecule has 2 rings (SSSR count). The van der Waals surface area contributed by atoms with Crippen LogP contribution in [0.5, 0.6) is 0 Å². The third kappa shape index (κ3) is 6.36. The molecule has 0 aliphatic heterocycles. The molecule has 0 aromatic rings. The minimum atomic E-state index is 0. The van der Waals surface area contributed by atoms with Gasteiger partial charge >= 0.3 is 26.2 Å². The predicted octanol–water partition coefficient (Wildman–Crippen LogP) is 4.95. The maximum Gasteiger partial charge on any atom is 2.00 e. The first-order valence-corrected chi connectivity index (χ1v) is 6.22. The van der Waals surface area contributed by atoms with Crippen LogP contribution in [0.4, 0.5) is 0 Å². The molecule has 2 aliphatic carbocycles. The minimum absolute atomic E-state index is 0. The van der Waals surface area contributed by atoms with Gasteiger partial charge in [0.25, 0.3) is 0 Å². The van der Waals surface area contributed by atoms with Crippen LogP contribution in [-0.2, 0) is 26.2 Å². The molecule has 0 N–H and O–H groups in total. The van der Waals surface area contributed by atoms with Crippen LogP contribution in [0.3, 0.4) is 0 Å². The van der Waals surface area contributed by atoms with Gasteiger partial charge in [-0.05, 0) is 0 Å². The maximum atomic E-state index is 3.28. The topological polar surface area (TPSA) is 0 Å². The molecule has 0 nitrogen and oxygen atoms in total. The summed E-state index contributed by atoms with van der Waals surface area (Å²) in [5, 5.41) is 0. The predicted molar refractivity (Wildman–Crippen MR) is 70.8 cm³/mol. The summed E-state index contributed by atoms with van der Waals surface area (Å²) < 4.78 is 0. The van der Waals surface area contributed by atoms with E-state index in [2.05, 4.69) is 52.0 Å². The monoisotopic (exact) mass is 304 g/mol. The van der Waals surface area contributed by atoms with Crippen LogP contribution < -0.4 is 0 Å². The van der Waals surface area contributed by atoms with Crippen LogP contribution in [0.25, 0.3) is 0 Å². The molecule has 0 aromatic heterocycles. The van der Waals surface area contributed by atoms with Crippen LogP contribution >= 0.6 is 0 Å². The summed E-state index contributed by atoms with van der Waals surface area (Å²) in [7, 11) is 0. The van der Waals surface area contributed by atoms with Crippen LogP contribution in [-0.4, -0.2) is 0 Å². The first-order valence-electron chi connectivity index (χ1n) is 6.22. The van der Waals surface area contributed by atoms with E-state index < -0.39 is 0 Å². The van der Waals surface area contributed by atoms with Crippen molar-refractivity contribution in [2.45, 2.75) is 53.4 Å². The van der Waals surface area contributed by atoms with E-state index in [9.17, 15) is 0 Å². The molecule has 0 unspecified atom stereocenters. The number of hydrogen-bond donors (Lipinski definition) is 0. The van der Waals surface area contributed by atoms with Crippen LogP contribution in [0, 0.1) is 12.2 Å². The molecule has 0 fully saturated rings. The molecule has 2 aliphatic rings. The van der Waals surface area contributed by atoms with E-state index in [1.54, 1.807) is 0 Å². The van der Waals surface area contributed by atoms with Crippen molar-refractivity contribution in [3.05, 3.63) is 46.6 Å². The SMILES string of the molecule is CCC1=CCC(C)=[C-]1.CCC1=CCC(C)=[C-]1.[Zr+2]. The average Bonchev–Trinajstić information content (AvgIpc) is 2.88. The molecule has 0 saturated carbocycles. The van der Waals surface area contributed by atoms with E-state index in [4.69, 9.17) is 0 Å². The van der Waals surface area contributed by atoms with Gasteiger partial charge in [0.2, 0.25) is 0 Å². The Morgan fingerprint density at radius 1 is 0.882 bits per heavy atom. The Hall–Kier alpha value is -0.157. The van der Waals surface area contributed by atoms with Gasteiger partial charge in [0.15, 0.2) is 0 Å². The quantitative estimate of drug-likeness (QED) is 0.633. The van der Waals surface area contributed by atoms with Crippen molar-refractivity contribution in [3.8, 4) is 0 Å². The normalized spacial score (nSPS) is 17.2. The smallest absolute Gasteiger partial charge is 0.250 e. The van der Waals surface area contributed by atoms with Crippen molar-refractivity contribution in [1.82, 2.24) is 0 Å². The molecule has 0 radical (unpaired) electrons. The summed E-state index contributed by atoms with van der Waals surface area (Å²) in [6.07, 6.45) is 15.6. The summed E-state index contributed by atoms with van der Waals surface area (Å²) >= 11 is 0. The average molecular weight is 306 g/mol. The van der Waals surface area contributed by atoms with E-state index in [1.807, 2.05) is 0 Å². The third-order valence-corrected chi connectivity index (χ3v) is 2.82. The first kappa shape index (κ1) is 16.8. The van der Waals surface area contributed by atoms with Crippen molar-refractivity contribution >= 4 is 0 Å². The number of rotatable bonds is 2. The van der Waals surface area contributed by atoms with Gasteiger partial charge in [-0.3, -0.25) is 0 Å². The van der Waals surface area contributed by atoms with Gasteiger partial charge in [-0.25, -0.2) is 35.5 Å². The molecule has 0 aromatic carbocycles. The Bertz CT molecular complexity index is 318. The molecule has 17 heavy (non-hydrogen) atoms. The van der Waals surface area contributed by atoms with Gasteiger partial charge in [-0.1, -0.05) is 53.4 Å².